The van der Waals surface area contributed by atoms with Crippen LogP contribution < -0.4 is 39.0 Å². The topological polar surface area (TPSA) is 151 Å². The van der Waals surface area contributed by atoms with Crippen molar-refractivity contribution in [2.45, 2.75) is 123 Å². The zero-order chi connectivity index (χ0) is 97.2. The maximum Gasteiger partial charge on any atom is 0.234 e. The van der Waals surface area contributed by atoms with E-state index in [1.165, 1.54) is 12.8 Å². The van der Waals surface area contributed by atoms with Crippen molar-refractivity contribution in [1.82, 2.24) is 0 Å². The molecule has 0 atom stereocenters. The molecule has 0 spiro atoms. The van der Waals surface area contributed by atoms with E-state index in [2.05, 4.69) is 54.6 Å². The standard InChI is InChI=1S/C45H39N3O3.C34H34N2O2.C24H25NO2.C23H23NO/c49-43(46(37-19-7-1-8-20-37)38-21-9-2-10-22-38)34-31-35(44(50)47(39-23-11-3-12-24-39)40-25-13-4-14-26-40)33-36(32-34)45(51)48(41-27-15-5-16-28-41)42-29-17-6-18-30-42;1-25-11-9-17-31(23-25)35(29-13-5-3-6-14-29)33(37)27-19-21-28(22-20-27)34(38)36(30-15-7-4-8-16-30)32-18-10-12-26(2)24-32;1-27-21-16-14-20(15-17-21)25(24(26)19-9-3-2-4-10-19)23-13-7-11-18-8-5-6-12-22(18)23;25-23(19-11-3-1-4-12-19)24(20-14-5-2-6-15-20)22-17-9-13-18-10-7-8-16-21(18)22/h1-30,34-36H,31-33H2;3-18,23-24,27-28H,19-22H2,1-2H3;5-8,11-17,19H,2-4,9-10H2,1H3;2,5-10,13-17,19H,1,3-4,11-12H2. The number of carbonyl (C=O) groups is 7. The molecule has 0 saturated heterocycles. The van der Waals surface area contributed by atoms with Gasteiger partial charge < -0.3 is 4.74 Å². The third-order valence-electron chi connectivity index (χ3n) is 27.6. The van der Waals surface area contributed by atoms with E-state index in [1.54, 1.807) is 21.8 Å². The monoisotopic (exact) mass is 1860 g/mol. The smallest absolute Gasteiger partial charge is 0.234 e. The lowest BCUT2D eigenvalue weighted by atomic mass is 9.73. The predicted molar refractivity (Wildman–Crippen MR) is 574 cm³/mol. The number of nitrogens with zero attached hydrogens (tertiary/aromatic N) is 7. The zero-order valence-corrected chi connectivity index (χ0v) is 80.5. The van der Waals surface area contributed by atoms with Crippen LogP contribution in [0.5, 0.6) is 5.75 Å². The van der Waals surface area contributed by atoms with Crippen LogP contribution in [0, 0.1) is 55.3 Å². The van der Waals surface area contributed by atoms with Gasteiger partial charge in [0.1, 0.15) is 5.75 Å². The van der Waals surface area contributed by atoms with Crippen LogP contribution in [-0.2, 0) is 33.6 Å². The van der Waals surface area contributed by atoms with Crippen LogP contribution in [0.15, 0.2) is 431 Å². The van der Waals surface area contributed by atoms with Gasteiger partial charge in [0.25, 0.3) is 0 Å². The van der Waals surface area contributed by atoms with Crippen molar-refractivity contribution in [3.63, 3.8) is 0 Å². The quantitative estimate of drug-likeness (QED) is 0.0650. The third kappa shape index (κ3) is 23.6. The SMILES string of the molecule is COc1ccc(N(C(=O)C2CCCCC2)c2cccc3ccccc23)cc1.Cc1cccc(N(C(=O)C2CCC(C(=O)N(c3ccccc3)c3cccc(C)c3)CC2)c2ccccc2)c1.O=C(C1CC(C(=O)N(c2ccccc2)c2ccccc2)CC(C(=O)N(c2ccccc2)c2ccccc2)C1)N(c1ccccc1)c1ccccc1.O=C(C1CCCCC1)N(c1ccccc1)c1cccc2ccccc12. The molecule has 20 rings (SSSR count). The lowest BCUT2D eigenvalue weighted by Crippen LogP contribution is -2.45. The maximum atomic E-state index is 14.9. The molecule has 708 valence electrons. The van der Waals surface area contributed by atoms with Crippen LogP contribution in [0.4, 0.5) is 79.6 Å². The minimum Gasteiger partial charge on any atom is -0.497 e. The largest absolute Gasteiger partial charge is 0.497 e. The molecule has 0 bridgehead atoms. The third-order valence-corrected chi connectivity index (χ3v) is 27.6. The molecule has 15 heteroatoms. The Morgan fingerprint density at radius 3 is 0.674 bits per heavy atom. The molecule has 15 nitrogen and oxygen atoms in total. The van der Waals surface area contributed by atoms with Gasteiger partial charge in [-0.15, -0.1) is 0 Å². The van der Waals surface area contributed by atoms with Crippen molar-refractivity contribution >= 4 is 143 Å². The summed E-state index contributed by atoms with van der Waals surface area (Å²) in [7, 11) is 1.66. The van der Waals surface area contributed by atoms with E-state index >= 15 is 0 Å². The van der Waals surface area contributed by atoms with E-state index in [1.807, 2.05) is 410 Å². The van der Waals surface area contributed by atoms with Gasteiger partial charge >= 0.3 is 0 Å². The van der Waals surface area contributed by atoms with Crippen molar-refractivity contribution in [2.24, 2.45) is 41.4 Å². The number of anilines is 14. The van der Waals surface area contributed by atoms with Crippen molar-refractivity contribution in [3.05, 3.63) is 442 Å². The number of aryl methyl sites for hydroxylation is 2. The second-order valence-electron chi connectivity index (χ2n) is 37.1. The molecular weight excluding hydrogens is 1740 g/mol. The molecular formula is C126H121N7O8. The summed E-state index contributed by atoms with van der Waals surface area (Å²) >= 11 is 0. The van der Waals surface area contributed by atoms with Crippen molar-refractivity contribution < 1.29 is 38.3 Å². The van der Waals surface area contributed by atoms with Crippen LogP contribution in [0.25, 0.3) is 21.5 Å². The fourth-order valence-electron chi connectivity index (χ4n) is 20.5. The zero-order valence-electron chi connectivity index (χ0n) is 80.5. The Morgan fingerprint density at radius 1 is 0.199 bits per heavy atom. The number of rotatable bonds is 22. The predicted octanol–water partition coefficient (Wildman–Crippen LogP) is 30.4. The highest BCUT2D eigenvalue weighted by Gasteiger charge is 2.45. The van der Waals surface area contributed by atoms with Gasteiger partial charge in [-0.1, -0.05) is 299 Å². The number of hydrogen-bond donors (Lipinski definition) is 0. The summed E-state index contributed by atoms with van der Waals surface area (Å²) in [5.41, 5.74) is 13.9. The number of hydrogen-bond acceptors (Lipinski definition) is 8. The summed E-state index contributed by atoms with van der Waals surface area (Å²) in [5, 5.41) is 4.53. The molecule has 7 amide bonds. The molecule has 16 aromatic rings. The molecule has 4 aliphatic rings. The fourth-order valence-corrected chi connectivity index (χ4v) is 20.5. The van der Waals surface area contributed by atoms with Gasteiger partial charge in [-0.05, 0) is 276 Å². The highest BCUT2D eigenvalue weighted by Crippen LogP contribution is 2.46. The van der Waals surface area contributed by atoms with E-state index in [-0.39, 0.29) is 65.0 Å². The Kier molecular flexibility index (Phi) is 32.6. The number of fused-ring (bicyclic) bond motifs is 2. The van der Waals surface area contributed by atoms with Crippen LogP contribution in [0.1, 0.15) is 120 Å². The molecule has 0 unspecified atom stereocenters. The number of benzene rings is 16. The molecule has 4 fully saturated rings. The van der Waals surface area contributed by atoms with Crippen LogP contribution in [0.2, 0.25) is 0 Å². The molecule has 0 radical (unpaired) electrons. The van der Waals surface area contributed by atoms with Gasteiger partial charge in [0.2, 0.25) is 41.4 Å². The Balaban J connectivity index is 0.000000135. The van der Waals surface area contributed by atoms with E-state index in [4.69, 9.17) is 4.74 Å². The molecule has 0 aliphatic heterocycles. The van der Waals surface area contributed by atoms with Gasteiger partial charge in [-0.3, -0.25) is 67.9 Å². The van der Waals surface area contributed by atoms with Crippen molar-refractivity contribution in [1.29, 1.82) is 0 Å². The maximum absolute atomic E-state index is 14.9. The first-order chi connectivity index (χ1) is 69.2. The minimum absolute atomic E-state index is 0.0971. The van der Waals surface area contributed by atoms with E-state index in [0.717, 1.165) is 169 Å². The van der Waals surface area contributed by atoms with Crippen LogP contribution >= 0.6 is 0 Å². The lowest BCUT2D eigenvalue weighted by Gasteiger charge is -2.39. The molecule has 0 aromatic heterocycles. The normalized spacial score (nSPS) is 16.2. The van der Waals surface area contributed by atoms with Gasteiger partial charge in [0.15, 0.2) is 0 Å². The van der Waals surface area contributed by atoms with Gasteiger partial charge in [0.05, 0.1) is 18.5 Å². The van der Waals surface area contributed by atoms with Crippen molar-refractivity contribution in [2.75, 3.05) is 41.4 Å². The number of carbonyl (C=O) groups excluding carboxylic acids is 7. The average molecular weight is 1860 g/mol. The van der Waals surface area contributed by atoms with Crippen LogP contribution in [0.3, 0.4) is 0 Å². The summed E-state index contributed by atoms with van der Waals surface area (Å²) in [6, 6.07) is 140. The highest BCUT2D eigenvalue weighted by molar-refractivity contribution is 6.12. The summed E-state index contributed by atoms with van der Waals surface area (Å²) in [6.45, 7) is 4.08. The Bertz CT molecular complexity index is 6350. The van der Waals surface area contributed by atoms with E-state index in [0.29, 0.717) is 44.9 Å². The Hall–Kier alpha value is -15.9. The number of amides is 7. The first kappa shape index (κ1) is 96.8. The number of para-hydroxylation sites is 9. The molecule has 4 saturated carbocycles. The molecule has 0 heterocycles. The fraction of sp³-hybridized carbons (Fsp3) is 0.214. The molecule has 4 aliphatic carbocycles. The Labute approximate surface area is 829 Å². The minimum atomic E-state index is -0.608. The molecule has 0 N–H and O–H groups in total. The summed E-state index contributed by atoms with van der Waals surface area (Å²) < 4.78 is 5.30. The van der Waals surface area contributed by atoms with Gasteiger partial charge in [-0.2, -0.15) is 0 Å². The van der Waals surface area contributed by atoms with Crippen molar-refractivity contribution in [3.8, 4) is 5.75 Å². The average Bonchev–Trinajstić information content (AvgIpc) is 0.779. The summed E-state index contributed by atoms with van der Waals surface area (Å²) in [4.78, 5) is 112. The lowest BCUT2D eigenvalue weighted by molar-refractivity contribution is -0.131. The Morgan fingerprint density at radius 2 is 0.404 bits per heavy atom. The summed E-state index contributed by atoms with van der Waals surface area (Å²) in [5.74, 6) is -0.811. The van der Waals surface area contributed by atoms with E-state index in [9.17, 15) is 33.6 Å². The molecule has 16 aromatic carbocycles. The first-order valence-corrected chi connectivity index (χ1v) is 49.8. The first-order valence-electron chi connectivity index (χ1n) is 49.8. The second-order valence-corrected chi connectivity index (χ2v) is 37.1. The molecule has 141 heavy (non-hydrogen) atoms. The van der Waals surface area contributed by atoms with Crippen LogP contribution in [-0.4, -0.2) is 48.5 Å². The second kappa shape index (κ2) is 47.5. The highest BCUT2D eigenvalue weighted by atomic mass is 16.5. The number of ether oxygens (including phenoxy) is 1. The van der Waals surface area contributed by atoms with Gasteiger partial charge in [0, 0.05) is 120 Å². The van der Waals surface area contributed by atoms with E-state index < -0.39 is 17.8 Å². The van der Waals surface area contributed by atoms with Gasteiger partial charge in [-0.25, -0.2) is 0 Å². The number of methoxy groups -OCH3 is 1. The summed E-state index contributed by atoms with van der Waals surface area (Å²) in [6.07, 6.45) is 14.8.